The Balaban J connectivity index is 1.74. The van der Waals surface area contributed by atoms with Gasteiger partial charge < -0.3 is 9.88 Å². The fourth-order valence-corrected chi connectivity index (χ4v) is 2.93. The molecule has 3 aromatic heterocycles. The molecule has 4 aromatic rings. The fraction of sp³-hybridized carbons (Fsp3) is 0.235. The Morgan fingerprint density at radius 3 is 2.76 bits per heavy atom. The Hall–Kier alpha value is -3.03. The summed E-state index contributed by atoms with van der Waals surface area (Å²) < 4.78 is 30.3. The molecule has 1 N–H and O–H groups in total. The summed E-state index contributed by atoms with van der Waals surface area (Å²) in [7, 11) is 1.88. The van der Waals surface area contributed by atoms with Crippen molar-refractivity contribution >= 4 is 22.6 Å². The molecule has 0 radical (unpaired) electrons. The predicted octanol–water partition coefficient (Wildman–Crippen LogP) is 3.14. The Labute approximate surface area is 141 Å². The highest BCUT2D eigenvalue weighted by atomic mass is 19.2. The Morgan fingerprint density at radius 1 is 1.16 bits per heavy atom. The summed E-state index contributed by atoms with van der Waals surface area (Å²) >= 11 is 0. The fourth-order valence-electron chi connectivity index (χ4n) is 2.93. The lowest BCUT2D eigenvalue weighted by Crippen LogP contribution is -2.06. The van der Waals surface area contributed by atoms with Crippen molar-refractivity contribution in [2.75, 3.05) is 5.32 Å². The number of fused-ring (bicyclic) bond motifs is 3. The number of hydrogen-bond donors (Lipinski definition) is 1. The van der Waals surface area contributed by atoms with Gasteiger partial charge in [0.25, 0.3) is 0 Å². The van der Waals surface area contributed by atoms with E-state index in [1.54, 1.807) is 16.9 Å². The quantitative estimate of drug-likeness (QED) is 0.622. The first-order chi connectivity index (χ1) is 12.1. The van der Waals surface area contributed by atoms with E-state index in [4.69, 9.17) is 0 Å². The predicted molar refractivity (Wildman–Crippen MR) is 89.3 cm³/mol. The van der Waals surface area contributed by atoms with Crippen LogP contribution in [0.5, 0.6) is 0 Å². The molecule has 1 aliphatic rings. The lowest BCUT2D eigenvalue weighted by atomic mass is 10.1. The molecule has 6 nitrogen and oxygen atoms in total. The number of benzene rings is 1. The van der Waals surface area contributed by atoms with E-state index < -0.39 is 11.6 Å². The number of imidazole rings is 1. The Morgan fingerprint density at radius 2 is 2.00 bits per heavy atom. The maximum atomic E-state index is 13.6. The van der Waals surface area contributed by atoms with Crippen LogP contribution in [0.1, 0.15) is 12.8 Å². The number of nitrogens with one attached hydrogen (secondary N) is 1. The average Bonchev–Trinajstić information content (AvgIpc) is 3.16. The minimum Gasteiger partial charge on any atom is -0.365 e. The number of aryl methyl sites for hydroxylation is 1. The average molecular weight is 340 g/mol. The number of halogens is 2. The van der Waals surface area contributed by atoms with Gasteiger partial charge in [-0.05, 0) is 31.0 Å². The lowest BCUT2D eigenvalue weighted by Gasteiger charge is -2.06. The topological polar surface area (TPSA) is 60.0 Å². The maximum Gasteiger partial charge on any atom is 0.167 e. The lowest BCUT2D eigenvalue weighted by molar-refractivity contribution is 0.509. The number of aromatic nitrogens is 5. The molecular formula is C17H14F2N6. The van der Waals surface area contributed by atoms with Crippen LogP contribution in [0.2, 0.25) is 0 Å². The maximum absolute atomic E-state index is 13.6. The van der Waals surface area contributed by atoms with Gasteiger partial charge in [-0.25, -0.2) is 18.7 Å². The summed E-state index contributed by atoms with van der Waals surface area (Å²) in [6.07, 6.45) is 3.96. The molecular weight excluding hydrogens is 326 g/mol. The molecule has 1 fully saturated rings. The third-order valence-corrected chi connectivity index (χ3v) is 4.38. The Kier molecular flexibility index (Phi) is 2.85. The van der Waals surface area contributed by atoms with Crippen molar-refractivity contribution in [2.24, 2.45) is 7.05 Å². The smallest absolute Gasteiger partial charge is 0.167 e. The van der Waals surface area contributed by atoms with E-state index in [-0.39, 0.29) is 0 Å². The van der Waals surface area contributed by atoms with Crippen molar-refractivity contribution in [3.05, 3.63) is 42.2 Å². The van der Waals surface area contributed by atoms with Crippen LogP contribution in [-0.4, -0.2) is 30.2 Å². The minimum atomic E-state index is -0.899. The van der Waals surface area contributed by atoms with Crippen LogP contribution in [0.15, 0.2) is 30.6 Å². The van der Waals surface area contributed by atoms with Gasteiger partial charge in [0.1, 0.15) is 0 Å². The van der Waals surface area contributed by atoms with Gasteiger partial charge in [0.05, 0.1) is 12.0 Å². The highest BCUT2D eigenvalue weighted by Gasteiger charge is 2.24. The molecule has 0 aliphatic heterocycles. The second-order valence-corrected chi connectivity index (χ2v) is 6.34. The van der Waals surface area contributed by atoms with Crippen LogP contribution in [-0.2, 0) is 7.05 Å². The third-order valence-electron chi connectivity index (χ3n) is 4.38. The van der Waals surface area contributed by atoms with Gasteiger partial charge in [0.15, 0.2) is 34.3 Å². The molecule has 0 bridgehead atoms. The van der Waals surface area contributed by atoms with Gasteiger partial charge in [-0.2, -0.15) is 9.61 Å². The van der Waals surface area contributed by atoms with Gasteiger partial charge in [-0.3, -0.25) is 0 Å². The van der Waals surface area contributed by atoms with Gasteiger partial charge >= 0.3 is 0 Å². The van der Waals surface area contributed by atoms with Gasteiger partial charge in [-0.15, -0.1) is 0 Å². The van der Waals surface area contributed by atoms with Crippen molar-refractivity contribution in [3.8, 4) is 11.3 Å². The highest BCUT2D eigenvalue weighted by molar-refractivity contribution is 5.86. The summed E-state index contributed by atoms with van der Waals surface area (Å²) in [5.74, 6) is -1.05. The molecule has 0 unspecified atom stereocenters. The molecule has 1 aliphatic carbocycles. The largest absolute Gasteiger partial charge is 0.365 e. The molecule has 0 amide bonds. The zero-order valence-electron chi connectivity index (χ0n) is 13.4. The zero-order valence-corrected chi connectivity index (χ0v) is 13.4. The van der Waals surface area contributed by atoms with Crippen LogP contribution >= 0.6 is 0 Å². The molecule has 1 aromatic carbocycles. The molecule has 1 saturated carbocycles. The first kappa shape index (κ1) is 14.3. The molecule has 0 spiro atoms. The first-order valence-corrected chi connectivity index (χ1v) is 8.03. The van der Waals surface area contributed by atoms with Crippen LogP contribution in [0.3, 0.4) is 0 Å². The molecule has 0 saturated heterocycles. The van der Waals surface area contributed by atoms with E-state index in [0.717, 1.165) is 42.0 Å². The third kappa shape index (κ3) is 2.25. The van der Waals surface area contributed by atoms with Crippen LogP contribution in [0.25, 0.3) is 28.1 Å². The summed E-state index contributed by atoms with van der Waals surface area (Å²) in [5.41, 5.74) is 3.18. The van der Waals surface area contributed by atoms with Crippen LogP contribution in [0, 0.1) is 11.6 Å². The molecule has 8 heteroatoms. The zero-order chi connectivity index (χ0) is 17.1. The van der Waals surface area contributed by atoms with E-state index in [9.17, 15) is 8.78 Å². The summed E-state index contributed by atoms with van der Waals surface area (Å²) in [5, 5.41) is 7.92. The SMILES string of the molecule is Cn1cnc2c(NC3CC3)nc3cc(-c4ccc(F)c(F)c4)nn3c21. The van der Waals surface area contributed by atoms with Crippen molar-refractivity contribution < 1.29 is 8.78 Å². The van der Waals surface area contributed by atoms with E-state index >= 15 is 0 Å². The molecule has 5 rings (SSSR count). The van der Waals surface area contributed by atoms with Crippen molar-refractivity contribution in [2.45, 2.75) is 18.9 Å². The molecule has 25 heavy (non-hydrogen) atoms. The van der Waals surface area contributed by atoms with Crippen molar-refractivity contribution in [1.29, 1.82) is 0 Å². The van der Waals surface area contributed by atoms with E-state index in [1.165, 1.54) is 6.07 Å². The summed E-state index contributed by atoms with van der Waals surface area (Å²) in [4.78, 5) is 9.05. The number of hydrogen-bond acceptors (Lipinski definition) is 4. The standard InChI is InChI=1S/C17H14F2N6/c1-24-8-20-15-16(21-10-3-4-10)22-14-7-13(23-25(14)17(15)24)9-2-5-11(18)12(19)6-9/h2,5-8,10H,3-4H2,1H3,(H,21,22). The van der Waals surface area contributed by atoms with E-state index in [1.807, 2.05) is 11.6 Å². The van der Waals surface area contributed by atoms with Crippen molar-refractivity contribution in [3.63, 3.8) is 0 Å². The molecule has 126 valence electrons. The number of nitrogens with zero attached hydrogens (tertiary/aromatic N) is 5. The monoisotopic (exact) mass is 340 g/mol. The number of anilines is 1. The van der Waals surface area contributed by atoms with Gasteiger partial charge in [0, 0.05) is 24.7 Å². The molecule has 0 atom stereocenters. The summed E-state index contributed by atoms with van der Waals surface area (Å²) in [6.45, 7) is 0. The Bertz CT molecular complexity index is 1130. The van der Waals surface area contributed by atoms with Crippen LogP contribution < -0.4 is 5.32 Å². The second-order valence-electron chi connectivity index (χ2n) is 6.34. The van der Waals surface area contributed by atoms with E-state index in [0.29, 0.717) is 22.9 Å². The minimum absolute atomic E-state index is 0.439. The van der Waals surface area contributed by atoms with Gasteiger partial charge in [-0.1, -0.05) is 0 Å². The van der Waals surface area contributed by atoms with Gasteiger partial charge in [0.2, 0.25) is 0 Å². The first-order valence-electron chi connectivity index (χ1n) is 8.03. The van der Waals surface area contributed by atoms with E-state index in [2.05, 4.69) is 20.4 Å². The van der Waals surface area contributed by atoms with Crippen LogP contribution in [0.4, 0.5) is 14.6 Å². The normalized spacial score (nSPS) is 14.5. The van der Waals surface area contributed by atoms with Crippen molar-refractivity contribution in [1.82, 2.24) is 24.1 Å². The second kappa shape index (κ2) is 4.98. The highest BCUT2D eigenvalue weighted by Crippen LogP contribution is 2.30. The summed E-state index contributed by atoms with van der Waals surface area (Å²) in [6, 6.07) is 5.94. The molecule has 3 heterocycles. The number of rotatable bonds is 3.